The van der Waals surface area contributed by atoms with Gasteiger partial charge in [0.25, 0.3) is 0 Å². The number of esters is 2. The topological polar surface area (TPSA) is 98.7 Å². The summed E-state index contributed by atoms with van der Waals surface area (Å²) in [5.41, 5.74) is 2.79. The van der Waals surface area contributed by atoms with Crippen molar-refractivity contribution in [2.75, 3.05) is 51.2 Å². The van der Waals surface area contributed by atoms with Gasteiger partial charge in [-0.05, 0) is 31.5 Å². The van der Waals surface area contributed by atoms with Crippen LogP contribution in [0.15, 0.2) is 24.3 Å². The fraction of sp³-hybridized carbons (Fsp3) is 0.409. The summed E-state index contributed by atoms with van der Waals surface area (Å²) >= 11 is 0. The van der Waals surface area contributed by atoms with E-state index in [0.29, 0.717) is 22.5 Å². The number of nitriles is 1. The standard InChI is InChI=1S/C22H28N4O4/c1-7-29-21(27)18(22(28)30-8-2)19-17(16(13-23)20(24-19)26(5)6)14-9-11-15(12-10-14)25(3)4/h9-12,18,24H,7-8H2,1-6H3. The maximum absolute atomic E-state index is 12.7. The molecule has 1 heterocycles. The van der Waals surface area contributed by atoms with E-state index in [1.807, 2.05) is 43.3 Å². The number of hydrogen-bond donors (Lipinski definition) is 1. The Morgan fingerprint density at radius 3 is 1.93 bits per heavy atom. The number of hydrogen-bond acceptors (Lipinski definition) is 7. The summed E-state index contributed by atoms with van der Waals surface area (Å²) in [5, 5.41) is 9.89. The quantitative estimate of drug-likeness (QED) is 0.526. The third-order valence-corrected chi connectivity index (χ3v) is 4.57. The number of carbonyl (C=O) groups is 2. The lowest BCUT2D eigenvalue weighted by Crippen LogP contribution is -2.27. The number of aromatic amines is 1. The Morgan fingerprint density at radius 1 is 1.00 bits per heavy atom. The van der Waals surface area contributed by atoms with E-state index in [2.05, 4.69) is 11.1 Å². The third kappa shape index (κ3) is 4.57. The summed E-state index contributed by atoms with van der Waals surface area (Å²) in [7, 11) is 7.41. The minimum Gasteiger partial charge on any atom is -0.465 e. The van der Waals surface area contributed by atoms with Crippen molar-refractivity contribution in [1.29, 1.82) is 5.26 Å². The first-order chi connectivity index (χ1) is 14.3. The lowest BCUT2D eigenvalue weighted by atomic mass is 9.94. The number of nitrogens with zero attached hydrogens (tertiary/aromatic N) is 3. The van der Waals surface area contributed by atoms with Crippen molar-refractivity contribution < 1.29 is 19.1 Å². The second kappa shape index (κ2) is 9.83. The Balaban J connectivity index is 2.77. The predicted molar refractivity (Wildman–Crippen MR) is 116 cm³/mol. The molecule has 0 atom stereocenters. The van der Waals surface area contributed by atoms with E-state index in [1.54, 1.807) is 32.8 Å². The molecule has 0 aliphatic carbocycles. The van der Waals surface area contributed by atoms with E-state index in [0.717, 1.165) is 5.69 Å². The van der Waals surface area contributed by atoms with E-state index in [9.17, 15) is 14.9 Å². The molecule has 0 aliphatic heterocycles. The molecule has 8 nitrogen and oxygen atoms in total. The number of nitrogens with one attached hydrogen (secondary N) is 1. The van der Waals surface area contributed by atoms with Gasteiger partial charge in [-0.1, -0.05) is 12.1 Å². The van der Waals surface area contributed by atoms with Gasteiger partial charge in [0.15, 0.2) is 5.92 Å². The average Bonchev–Trinajstić information content (AvgIpc) is 3.08. The van der Waals surface area contributed by atoms with Crippen molar-refractivity contribution in [2.24, 2.45) is 0 Å². The van der Waals surface area contributed by atoms with Gasteiger partial charge in [-0.15, -0.1) is 0 Å². The number of ether oxygens (including phenoxy) is 2. The van der Waals surface area contributed by atoms with Crippen molar-refractivity contribution in [2.45, 2.75) is 19.8 Å². The van der Waals surface area contributed by atoms with Gasteiger partial charge < -0.3 is 24.3 Å². The van der Waals surface area contributed by atoms with Crippen molar-refractivity contribution in [3.8, 4) is 17.2 Å². The smallest absolute Gasteiger partial charge is 0.326 e. The highest BCUT2D eigenvalue weighted by molar-refractivity contribution is 6.03. The highest BCUT2D eigenvalue weighted by Crippen LogP contribution is 2.39. The molecular weight excluding hydrogens is 384 g/mol. The summed E-state index contributed by atoms with van der Waals surface area (Å²) in [6, 6.07) is 9.74. The van der Waals surface area contributed by atoms with E-state index < -0.39 is 17.9 Å². The fourth-order valence-corrected chi connectivity index (χ4v) is 3.18. The lowest BCUT2D eigenvalue weighted by molar-refractivity contribution is -0.157. The van der Waals surface area contributed by atoms with E-state index in [-0.39, 0.29) is 18.9 Å². The molecule has 0 saturated carbocycles. The van der Waals surface area contributed by atoms with E-state index in [4.69, 9.17) is 9.47 Å². The van der Waals surface area contributed by atoms with Crippen LogP contribution in [0.4, 0.5) is 11.5 Å². The molecule has 2 rings (SSSR count). The summed E-state index contributed by atoms with van der Waals surface area (Å²) < 4.78 is 10.3. The van der Waals surface area contributed by atoms with Crippen molar-refractivity contribution in [3.63, 3.8) is 0 Å². The first-order valence-corrected chi connectivity index (χ1v) is 9.71. The number of H-pyrrole nitrogens is 1. The first-order valence-electron chi connectivity index (χ1n) is 9.71. The summed E-state index contributed by atoms with van der Waals surface area (Å²) in [5.74, 6) is -2.27. The van der Waals surface area contributed by atoms with Gasteiger partial charge >= 0.3 is 11.9 Å². The summed E-state index contributed by atoms with van der Waals surface area (Å²) in [6.07, 6.45) is 0. The summed E-state index contributed by atoms with van der Waals surface area (Å²) in [4.78, 5) is 32.2. The van der Waals surface area contributed by atoms with Crippen molar-refractivity contribution >= 4 is 23.4 Å². The molecule has 0 radical (unpaired) electrons. The number of aromatic nitrogens is 1. The normalized spacial score (nSPS) is 10.5. The molecule has 1 aromatic carbocycles. The molecule has 0 saturated heterocycles. The lowest BCUT2D eigenvalue weighted by Gasteiger charge is -2.16. The molecule has 1 N–H and O–H groups in total. The molecule has 0 unspecified atom stereocenters. The SMILES string of the molecule is CCOC(=O)C(C(=O)OCC)c1[nH]c(N(C)C)c(C#N)c1-c1ccc(N(C)C)cc1. The molecule has 0 bridgehead atoms. The zero-order chi connectivity index (χ0) is 22.4. The monoisotopic (exact) mass is 412 g/mol. The van der Waals surface area contributed by atoms with E-state index in [1.165, 1.54) is 0 Å². The Labute approximate surface area is 177 Å². The van der Waals surface area contributed by atoms with Crippen LogP contribution in [0.3, 0.4) is 0 Å². The van der Waals surface area contributed by atoms with Gasteiger partial charge in [-0.2, -0.15) is 5.26 Å². The molecule has 2 aromatic rings. The minimum absolute atomic E-state index is 0.119. The van der Waals surface area contributed by atoms with Gasteiger partial charge in [-0.25, -0.2) is 0 Å². The van der Waals surface area contributed by atoms with E-state index >= 15 is 0 Å². The van der Waals surface area contributed by atoms with Crippen LogP contribution < -0.4 is 9.80 Å². The predicted octanol–water partition coefficient (Wildman–Crippen LogP) is 2.90. The maximum Gasteiger partial charge on any atom is 0.326 e. The van der Waals surface area contributed by atoms with Crippen LogP contribution in [0.1, 0.15) is 31.0 Å². The van der Waals surface area contributed by atoms with Crippen LogP contribution in [0.25, 0.3) is 11.1 Å². The second-order valence-corrected chi connectivity index (χ2v) is 7.02. The summed E-state index contributed by atoms with van der Waals surface area (Å²) in [6.45, 7) is 3.57. The molecule has 160 valence electrons. The van der Waals surface area contributed by atoms with Crippen LogP contribution >= 0.6 is 0 Å². The Bertz CT molecular complexity index is 921. The van der Waals surface area contributed by atoms with Gasteiger partial charge in [0.2, 0.25) is 0 Å². The molecule has 0 amide bonds. The third-order valence-electron chi connectivity index (χ3n) is 4.57. The minimum atomic E-state index is -1.32. The number of anilines is 2. The zero-order valence-corrected chi connectivity index (χ0v) is 18.3. The zero-order valence-electron chi connectivity index (χ0n) is 18.3. The number of benzene rings is 1. The average molecular weight is 412 g/mol. The number of carbonyl (C=O) groups excluding carboxylic acids is 2. The Kier molecular flexibility index (Phi) is 7.48. The fourth-order valence-electron chi connectivity index (χ4n) is 3.18. The highest BCUT2D eigenvalue weighted by atomic mass is 16.6. The maximum atomic E-state index is 12.7. The molecular formula is C22H28N4O4. The van der Waals surface area contributed by atoms with Gasteiger partial charge in [-0.3, -0.25) is 9.59 Å². The van der Waals surface area contributed by atoms with Gasteiger partial charge in [0.05, 0.1) is 18.9 Å². The van der Waals surface area contributed by atoms with Crippen LogP contribution in [0.5, 0.6) is 0 Å². The molecule has 30 heavy (non-hydrogen) atoms. The van der Waals surface area contributed by atoms with Crippen molar-refractivity contribution in [1.82, 2.24) is 4.98 Å². The van der Waals surface area contributed by atoms with Gasteiger partial charge in [0.1, 0.15) is 17.5 Å². The molecule has 1 aromatic heterocycles. The van der Waals surface area contributed by atoms with Crippen LogP contribution in [-0.2, 0) is 19.1 Å². The molecule has 8 heteroatoms. The Hall–Kier alpha value is -3.47. The van der Waals surface area contributed by atoms with Gasteiger partial charge in [0, 0.05) is 39.4 Å². The Morgan fingerprint density at radius 2 is 1.53 bits per heavy atom. The second-order valence-electron chi connectivity index (χ2n) is 7.02. The molecule has 0 aliphatic rings. The first kappa shape index (κ1) is 22.8. The van der Waals surface area contributed by atoms with Crippen molar-refractivity contribution in [3.05, 3.63) is 35.5 Å². The number of rotatable bonds is 8. The highest BCUT2D eigenvalue weighted by Gasteiger charge is 2.37. The molecule has 0 fully saturated rings. The van der Waals surface area contributed by atoms with Crippen LogP contribution in [-0.4, -0.2) is 58.3 Å². The largest absolute Gasteiger partial charge is 0.465 e. The molecule has 0 spiro atoms. The van der Waals surface area contributed by atoms with Crippen LogP contribution in [0, 0.1) is 11.3 Å². The van der Waals surface area contributed by atoms with Crippen LogP contribution in [0.2, 0.25) is 0 Å².